The third-order valence-electron chi connectivity index (χ3n) is 3.46. The van der Waals surface area contributed by atoms with Crippen molar-refractivity contribution < 1.29 is 9.53 Å². The van der Waals surface area contributed by atoms with E-state index in [-0.39, 0.29) is 17.3 Å². The third-order valence-corrected chi connectivity index (χ3v) is 3.46. The van der Waals surface area contributed by atoms with Gasteiger partial charge in [-0.25, -0.2) is 0 Å². The Hall–Kier alpha value is -1.39. The van der Waals surface area contributed by atoms with Gasteiger partial charge in [-0.3, -0.25) is 4.79 Å². The Kier molecular flexibility index (Phi) is 6.85. The molecule has 118 valence electrons. The van der Waals surface area contributed by atoms with E-state index in [4.69, 9.17) is 10.5 Å². The highest BCUT2D eigenvalue weighted by atomic mass is 16.5. The van der Waals surface area contributed by atoms with Crippen LogP contribution >= 0.6 is 0 Å². The fraction of sp³-hybridized carbons (Fsp3) is 0.588. The minimum atomic E-state index is -0.156. The Morgan fingerprint density at radius 2 is 1.95 bits per heavy atom. The van der Waals surface area contributed by atoms with Crippen molar-refractivity contribution in [1.82, 2.24) is 4.90 Å². The fourth-order valence-corrected chi connectivity index (χ4v) is 2.27. The van der Waals surface area contributed by atoms with E-state index in [0.717, 1.165) is 12.1 Å². The van der Waals surface area contributed by atoms with Crippen molar-refractivity contribution in [3.8, 4) is 0 Å². The molecule has 1 aromatic rings. The van der Waals surface area contributed by atoms with Crippen LogP contribution in [0, 0.1) is 11.3 Å². The van der Waals surface area contributed by atoms with Crippen LogP contribution in [0.25, 0.3) is 0 Å². The highest BCUT2D eigenvalue weighted by Crippen LogP contribution is 2.15. The average molecular weight is 292 g/mol. The van der Waals surface area contributed by atoms with Crippen molar-refractivity contribution in [3.63, 3.8) is 0 Å². The molecule has 0 aliphatic heterocycles. The van der Waals surface area contributed by atoms with Crippen molar-refractivity contribution in [2.45, 2.75) is 27.4 Å². The van der Waals surface area contributed by atoms with Crippen LogP contribution in [-0.2, 0) is 16.1 Å². The molecule has 4 nitrogen and oxygen atoms in total. The molecule has 0 aliphatic carbocycles. The van der Waals surface area contributed by atoms with Gasteiger partial charge in [0.2, 0.25) is 0 Å². The van der Waals surface area contributed by atoms with Gasteiger partial charge in [0.05, 0.1) is 5.92 Å². The second-order valence-electron chi connectivity index (χ2n) is 6.56. The maximum absolute atomic E-state index is 12.0. The summed E-state index contributed by atoms with van der Waals surface area (Å²) in [5.41, 5.74) is 6.81. The predicted octanol–water partition coefficient (Wildman–Crippen LogP) is 2.28. The van der Waals surface area contributed by atoms with Gasteiger partial charge < -0.3 is 15.4 Å². The zero-order valence-electron chi connectivity index (χ0n) is 13.6. The van der Waals surface area contributed by atoms with Crippen LogP contribution in [0.3, 0.4) is 0 Å². The fourth-order valence-electron chi connectivity index (χ4n) is 2.27. The number of hydrogen-bond donors (Lipinski definition) is 1. The Balaban J connectivity index is 2.37. The summed E-state index contributed by atoms with van der Waals surface area (Å²) < 4.78 is 5.36. The zero-order valence-corrected chi connectivity index (χ0v) is 13.6. The third kappa shape index (κ3) is 6.74. The van der Waals surface area contributed by atoms with Crippen LogP contribution in [0.4, 0.5) is 0 Å². The van der Waals surface area contributed by atoms with Crippen LogP contribution in [0.1, 0.15) is 26.3 Å². The SMILES string of the molecule is CC(CN(C)CC(C)(C)CN)C(=O)OCc1ccccc1. The first-order valence-corrected chi connectivity index (χ1v) is 7.43. The molecule has 0 saturated heterocycles. The molecule has 1 atom stereocenters. The molecular weight excluding hydrogens is 264 g/mol. The number of benzene rings is 1. The maximum atomic E-state index is 12.0. The molecule has 0 radical (unpaired) electrons. The number of rotatable bonds is 8. The first-order chi connectivity index (χ1) is 9.84. The molecule has 2 N–H and O–H groups in total. The van der Waals surface area contributed by atoms with Crippen molar-refractivity contribution in [1.29, 1.82) is 0 Å². The Morgan fingerprint density at radius 3 is 2.52 bits per heavy atom. The average Bonchev–Trinajstić information content (AvgIpc) is 2.45. The van der Waals surface area contributed by atoms with E-state index in [1.165, 1.54) is 0 Å². The summed E-state index contributed by atoms with van der Waals surface area (Å²) in [6, 6.07) is 9.73. The topological polar surface area (TPSA) is 55.6 Å². The lowest BCUT2D eigenvalue weighted by molar-refractivity contribution is -0.149. The van der Waals surface area contributed by atoms with E-state index < -0.39 is 0 Å². The lowest BCUT2D eigenvalue weighted by Gasteiger charge is -2.30. The summed E-state index contributed by atoms with van der Waals surface area (Å²) >= 11 is 0. The van der Waals surface area contributed by atoms with Crippen molar-refractivity contribution in [3.05, 3.63) is 35.9 Å². The number of ether oxygens (including phenoxy) is 1. The van der Waals surface area contributed by atoms with Gasteiger partial charge in [0.15, 0.2) is 0 Å². The van der Waals surface area contributed by atoms with Gasteiger partial charge in [-0.15, -0.1) is 0 Å². The molecule has 4 heteroatoms. The van der Waals surface area contributed by atoms with Gasteiger partial charge in [0, 0.05) is 13.1 Å². The molecule has 0 heterocycles. The summed E-state index contributed by atoms with van der Waals surface area (Å²) in [5.74, 6) is -0.302. The number of carbonyl (C=O) groups excluding carboxylic acids is 1. The standard InChI is InChI=1S/C17H28N2O2/c1-14(10-19(4)13-17(2,3)12-18)16(20)21-11-15-8-6-5-7-9-15/h5-9,14H,10-13,18H2,1-4H3. The normalized spacial score (nSPS) is 13.2. The number of nitrogens with two attached hydrogens (primary N) is 1. The summed E-state index contributed by atoms with van der Waals surface area (Å²) in [5, 5.41) is 0. The molecule has 0 aromatic heterocycles. The van der Waals surface area contributed by atoms with Gasteiger partial charge in [-0.1, -0.05) is 51.1 Å². The monoisotopic (exact) mass is 292 g/mol. The van der Waals surface area contributed by atoms with E-state index in [0.29, 0.717) is 19.7 Å². The summed E-state index contributed by atoms with van der Waals surface area (Å²) in [6.07, 6.45) is 0. The molecule has 21 heavy (non-hydrogen) atoms. The first-order valence-electron chi connectivity index (χ1n) is 7.43. The molecule has 0 saturated carbocycles. The molecule has 1 aromatic carbocycles. The van der Waals surface area contributed by atoms with Crippen molar-refractivity contribution >= 4 is 5.97 Å². The predicted molar refractivity (Wildman–Crippen MR) is 85.7 cm³/mol. The van der Waals surface area contributed by atoms with Crippen LogP contribution in [0.5, 0.6) is 0 Å². The van der Waals surface area contributed by atoms with Crippen LogP contribution in [-0.4, -0.2) is 37.6 Å². The number of hydrogen-bond acceptors (Lipinski definition) is 4. The molecule has 0 bridgehead atoms. The van der Waals surface area contributed by atoms with Gasteiger partial charge in [0.1, 0.15) is 6.61 Å². The van der Waals surface area contributed by atoms with Crippen molar-refractivity contribution in [2.75, 3.05) is 26.7 Å². The van der Waals surface area contributed by atoms with E-state index in [9.17, 15) is 4.79 Å². The van der Waals surface area contributed by atoms with E-state index in [2.05, 4.69) is 18.7 Å². The smallest absolute Gasteiger partial charge is 0.310 e. The summed E-state index contributed by atoms with van der Waals surface area (Å²) in [6.45, 7) is 8.66. The quantitative estimate of drug-likeness (QED) is 0.747. The highest BCUT2D eigenvalue weighted by Gasteiger charge is 2.22. The number of esters is 1. The van der Waals surface area contributed by atoms with Crippen LogP contribution < -0.4 is 5.73 Å². The van der Waals surface area contributed by atoms with Gasteiger partial charge in [-0.05, 0) is 24.6 Å². The van der Waals surface area contributed by atoms with E-state index in [1.54, 1.807) is 0 Å². The van der Waals surface area contributed by atoms with Gasteiger partial charge in [0.25, 0.3) is 0 Å². The van der Waals surface area contributed by atoms with E-state index >= 15 is 0 Å². The van der Waals surface area contributed by atoms with E-state index in [1.807, 2.05) is 44.3 Å². The minimum absolute atomic E-state index is 0.0579. The Labute approximate surface area is 128 Å². The molecule has 0 amide bonds. The lowest BCUT2D eigenvalue weighted by atomic mass is 9.93. The minimum Gasteiger partial charge on any atom is -0.461 e. The maximum Gasteiger partial charge on any atom is 0.310 e. The molecule has 0 fully saturated rings. The van der Waals surface area contributed by atoms with Crippen LogP contribution in [0.2, 0.25) is 0 Å². The molecule has 1 rings (SSSR count). The number of carbonyl (C=O) groups is 1. The van der Waals surface area contributed by atoms with Gasteiger partial charge in [-0.2, -0.15) is 0 Å². The second-order valence-corrected chi connectivity index (χ2v) is 6.56. The second kappa shape index (κ2) is 8.15. The molecule has 1 unspecified atom stereocenters. The summed E-state index contributed by atoms with van der Waals surface area (Å²) in [4.78, 5) is 14.2. The van der Waals surface area contributed by atoms with Gasteiger partial charge >= 0.3 is 5.97 Å². The molecular formula is C17H28N2O2. The van der Waals surface area contributed by atoms with Crippen molar-refractivity contribution in [2.24, 2.45) is 17.1 Å². The summed E-state index contributed by atoms with van der Waals surface area (Å²) in [7, 11) is 2.01. The zero-order chi connectivity index (χ0) is 15.9. The number of nitrogens with zero attached hydrogens (tertiary/aromatic N) is 1. The lowest BCUT2D eigenvalue weighted by Crippen LogP contribution is -2.39. The van der Waals surface area contributed by atoms with Crippen LogP contribution in [0.15, 0.2) is 30.3 Å². The molecule has 0 spiro atoms. The Morgan fingerprint density at radius 1 is 1.33 bits per heavy atom. The highest BCUT2D eigenvalue weighted by molar-refractivity contribution is 5.72. The molecule has 0 aliphatic rings. The Bertz CT molecular complexity index is 432. The first kappa shape index (κ1) is 17.7. The largest absolute Gasteiger partial charge is 0.461 e.